The van der Waals surface area contributed by atoms with Crippen LogP contribution in [0.15, 0.2) is 54.7 Å². The molecule has 0 radical (unpaired) electrons. The fourth-order valence-electron chi connectivity index (χ4n) is 4.35. The third-order valence-electron chi connectivity index (χ3n) is 6.27. The SMILES string of the molecule is Cc1c(NCc2ccc3c(c2)CCN(C(=O)OC(C)(C)C)C3)ccn1Cc1cccc(C(F)(F)F)c1. The Morgan fingerprint density at radius 1 is 1.03 bits per heavy atom. The summed E-state index contributed by atoms with van der Waals surface area (Å²) in [5, 5.41) is 3.45. The maximum atomic E-state index is 13.0. The number of nitrogens with one attached hydrogen (secondary N) is 1. The second-order valence-electron chi connectivity index (χ2n) is 10.2. The zero-order valence-electron chi connectivity index (χ0n) is 21.1. The van der Waals surface area contributed by atoms with Crippen LogP contribution < -0.4 is 5.32 Å². The number of rotatable bonds is 5. The second-order valence-corrected chi connectivity index (χ2v) is 10.2. The summed E-state index contributed by atoms with van der Waals surface area (Å²) in [6.45, 7) is 9.69. The van der Waals surface area contributed by atoms with Crippen LogP contribution in [0.2, 0.25) is 0 Å². The van der Waals surface area contributed by atoms with Crippen molar-refractivity contribution in [3.05, 3.63) is 88.2 Å². The quantitative estimate of drug-likeness (QED) is 0.422. The Labute approximate surface area is 209 Å². The van der Waals surface area contributed by atoms with Crippen molar-refractivity contribution in [1.29, 1.82) is 0 Å². The lowest BCUT2D eigenvalue weighted by Crippen LogP contribution is -2.39. The Morgan fingerprint density at radius 2 is 1.81 bits per heavy atom. The van der Waals surface area contributed by atoms with Crippen LogP contribution in [0.1, 0.15) is 54.3 Å². The zero-order valence-corrected chi connectivity index (χ0v) is 21.1. The van der Waals surface area contributed by atoms with Crippen molar-refractivity contribution in [3.63, 3.8) is 0 Å². The van der Waals surface area contributed by atoms with E-state index in [0.29, 0.717) is 31.7 Å². The van der Waals surface area contributed by atoms with Crippen LogP contribution in [0.4, 0.5) is 23.7 Å². The van der Waals surface area contributed by atoms with Crippen molar-refractivity contribution >= 4 is 11.8 Å². The van der Waals surface area contributed by atoms with Crippen molar-refractivity contribution in [2.45, 2.75) is 65.5 Å². The predicted molar refractivity (Wildman–Crippen MR) is 134 cm³/mol. The molecule has 0 unspecified atom stereocenters. The third kappa shape index (κ3) is 6.22. The first-order chi connectivity index (χ1) is 16.9. The average molecular weight is 500 g/mol. The molecule has 36 heavy (non-hydrogen) atoms. The summed E-state index contributed by atoms with van der Waals surface area (Å²) in [4.78, 5) is 14.1. The highest BCUT2D eigenvalue weighted by Crippen LogP contribution is 2.30. The number of carbonyl (C=O) groups is 1. The normalized spacial score (nSPS) is 13.9. The third-order valence-corrected chi connectivity index (χ3v) is 6.27. The summed E-state index contributed by atoms with van der Waals surface area (Å²) >= 11 is 0. The molecule has 0 fully saturated rings. The molecule has 0 saturated carbocycles. The average Bonchev–Trinajstić information content (AvgIpc) is 3.14. The van der Waals surface area contributed by atoms with Gasteiger partial charge in [0.05, 0.1) is 11.3 Å². The molecule has 1 N–H and O–H groups in total. The number of fused-ring (bicyclic) bond motifs is 1. The molecule has 192 valence electrons. The lowest BCUT2D eigenvalue weighted by molar-refractivity contribution is -0.137. The Hall–Kier alpha value is -3.42. The number of nitrogens with zero attached hydrogens (tertiary/aromatic N) is 2. The molecule has 0 saturated heterocycles. The Bertz CT molecular complexity index is 1240. The molecule has 0 spiro atoms. The minimum absolute atomic E-state index is 0.288. The smallest absolute Gasteiger partial charge is 0.416 e. The van der Waals surface area contributed by atoms with E-state index in [1.807, 2.05) is 44.5 Å². The van der Waals surface area contributed by atoms with E-state index in [2.05, 4.69) is 23.5 Å². The molecular weight excluding hydrogens is 467 g/mol. The summed E-state index contributed by atoms with van der Waals surface area (Å²) in [6, 6.07) is 13.7. The number of carbonyl (C=O) groups excluding carboxylic acids is 1. The second kappa shape index (κ2) is 9.91. The number of hydrogen-bond donors (Lipinski definition) is 1. The molecule has 2 heterocycles. The standard InChI is InChI=1S/C28H32F3N3O2/c1-19-25(11-13-33(19)17-21-6-5-7-24(15-21)28(29,30)31)32-16-20-8-9-23-18-34(12-10-22(23)14-20)26(35)36-27(2,3)4/h5-9,11,13-15,32H,10,12,16-18H2,1-4H3. The highest BCUT2D eigenvalue weighted by Gasteiger charge is 2.30. The Morgan fingerprint density at radius 3 is 2.53 bits per heavy atom. The van der Waals surface area contributed by atoms with Crippen LogP contribution >= 0.6 is 0 Å². The van der Waals surface area contributed by atoms with Crippen LogP contribution in [-0.4, -0.2) is 27.7 Å². The lowest BCUT2D eigenvalue weighted by atomic mass is 9.97. The van der Waals surface area contributed by atoms with E-state index in [9.17, 15) is 18.0 Å². The number of halogens is 3. The first-order valence-corrected chi connectivity index (χ1v) is 12.0. The number of anilines is 1. The molecule has 0 aliphatic carbocycles. The molecule has 1 aliphatic rings. The topological polar surface area (TPSA) is 46.5 Å². The molecule has 2 aromatic carbocycles. The number of amides is 1. The van der Waals surface area contributed by atoms with Gasteiger partial charge in [-0.25, -0.2) is 4.79 Å². The van der Waals surface area contributed by atoms with Gasteiger partial charge in [0, 0.05) is 38.1 Å². The summed E-state index contributed by atoms with van der Waals surface area (Å²) in [5.41, 5.74) is 4.83. The highest BCUT2D eigenvalue weighted by molar-refractivity contribution is 5.68. The minimum Gasteiger partial charge on any atom is -0.444 e. The number of ether oxygens (including phenoxy) is 1. The van der Waals surface area contributed by atoms with E-state index in [4.69, 9.17) is 4.74 Å². The van der Waals surface area contributed by atoms with Gasteiger partial charge >= 0.3 is 12.3 Å². The summed E-state index contributed by atoms with van der Waals surface area (Å²) < 4.78 is 46.5. The van der Waals surface area contributed by atoms with Gasteiger partial charge in [-0.3, -0.25) is 0 Å². The molecule has 1 amide bonds. The molecule has 5 nitrogen and oxygen atoms in total. The Balaban J connectivity index is 1.37. The first-order valence-electron chi connectivity index (χ1n) is 12.0. The fourth-order valence-corrected chi connectivity index (χ4v) is 4.35. The van der Waals surface area contributed by atoms with E-state index >= 15 is 0 Å². The first kappa shape index (κ1) is 25.7. The van der Waals surface area contributed by atoms with E-state index in [-0.39, 0.29) is 6.09 Å². The van der Waals surface area contributed by atoms with E-state index in [0.717, 1.165) is 35.0 Å². The van der Waals surface area contributed by atoms with Gasteiger partial charge in [0.2, 0.25) is 0 Å². The van der Waals surface area contributed by atoms with E-state index in [1.165, 1.54) is 17.7 Å². The van der Waals surface area contributed by atoms with Gasteiger partial charge < -0.3 is 19.5 Å². The van der Waals surface area contributed by atoms with Crippen LogP contribution in [-0.2, 0) is 37.0 Å². The van der Waals surface area contributed by atoms with E-state index in [1.54, 1.807) is 11.0 Å². The van der Waals surface area contributed by atoms with Crippen molar-refractivity contribution < 1.29 is 22.7 Å². The molecular formula is C28H32F3N3O2. The summed E-state index contributed by atoms with van der Waals surface area (Å²) in [7, 11) is 0. The zero-order chi connectivity index (χ0) is 26.1. The van der Waals surface area contributed by atoms with E-state index < -0.39 is 17.3 Å². The van der Waals surface area contributed by atoms with Crippen molar-refractivity contribution in [2.24, 2.45) is 0 Å². The van der Waals surface area contributed by atoms with Gasteiger partial charge in [0.25, 0.3) is 0 Å². The van der Waals surface area contributed by atoms with Gasteiger partial charge in [0.1, 0.15) is 5.60 Å². The van der Waals surface area contributed by atoms with Crippen molar-refractivity contribution in [1.82, 2.24) is 9.47 Å². The minimum atomic E-state index is -4.35. The number of aromatic nitrogens is 1. The molecule has 4 rings (SSSR count). The molecule has 0 atom stereocenters. The molecule has 3 aromatic rings. The molecule has 0 bridgehead atoms. The van der Waals surface area contributed by atoms with Crippen LogP contribution in [0, 0.1) is 6.92 Å². The number of benzene rings is 2. The molecule has 1 aliphatic heterocycles. The Kier molecular flexibility index (Phi) is 7.07. The highest BCUT2D eigenvalue weighted by atomic mass is 19.4. The van der Waals surface area contributed by atoms with Gasteiger partial charge in [-0.15, -0.1) is 0 Å². The van der Waals surface area contributed by atoms with Gasteiger partial charge in [-0.1, -0.05) is 30.3 Å². The monoisotopic (exact) mass is 499 g/mol. The van der Waals surface area contributed by atoms with Gasteiger partial charge in [0.15, 0.2) is 0 Å². The van der Waals surface area contributed by atoms with Crippen LogP contribution in [0.5, 0.6) is 0 Å². The van der Waals surface area contributed by atoms with Crippen molar-refractivity contribution in [2.75, 3.05) is 11.9 Å². The maximum absolute atomic E-state index is 13.0. The number of alkyl halides is 3. The maximum Gasteiger partial charge on any atom is 0.416 e. The molecule has 1 aromatic heterocycles. The number of hydrogen-bond acceptors (Lipinski definition) is 3. The summed E-state index contributed by atoms with van der Waals surface area (Å²) in [6.07, 6.45) is -1.98. The van der Waals surface area contributed by atoms with Crippen molar-refractivity contribution in [3.8, 4) is 0 Å². The molecule has 8 heteroatoms. The predicted octanol–water partition coefficient (Wildman–Crippen LogP) is 6.77. The fraction of sp³-hybridized carbons (Fsp3) is 0.393. The largest absolute Gasteiger partial charge is 0.444 e. The summed E-state index contributed by atoms with van der Waals surface area (Å²) in [5.74, 6) is 0. The van der Waals surface area contributed by atoms with Crippen LogP contribution in [0.25, 0.3) is 0 Å². The lowest BCUT2D eigenvalue weighted by Gasteiger charge is -2.31. The van der Waals surface area contributed by atoms with Gasteiger partial charge in [-0.05, 0) is 74.6 Å². The van der Waals surface area contributed by atoms with Gasteiger partial charge in [-0.2, -0.15) is 13.2 Å². The van der Waals surface area contributed by atoms with Crippen LogP contribution in [0.3, 0.4) is 0 Å².